The van der Waals surface area contributed by atoms with Crippen molar-refractivity contribution in [3.8, 4) is 22.3 Å². The lowest BCUT2D eigenvalue weighted by Gasteiger charge is -2.29. The molecule has 0 aromatic heterocycles. The molecule has 2 aromatic rings. The molecule has 4 heteroatoms. The lowest BCUT2D eigenvalue weighted by molar-refractivity contribution is 0.623. The minimum Gasteiger partial charge on any atom is -0.207 e. The van der Waals surface area contributed by atoms with Crippen LogP contribution in [-0.4, -0.2) is 0 Å². The van der Waals surface area contributed by atoms with E-state index in [1.807, 2.05) is 0 Å². The molecule has 0 unspecified atom stereocenters. The van der Waals surface area contributed by atoms with Gasteiger partial charge in [-0.3, -0.25) is 0 Å². The first-order valence-corrected chi connectivity index (χ1v) is 7.67. The van der Waals surface area contributed by atoms with Gasteiger partial charge in [0.1, 0.15) is 11.6 Å². The molecule has 18 heavy (non-hydrogen) atoms. The van der Waals surface area contributed by atoms with Crippen LogP contribution in [0, 0.1) is 11.6 Å². The van der Waals surface area contributed by atoms with Gasteiger partial charge in [-0.15, -0.1) is 0 Å². The van der Waals surface area contributed by atoms with E-state index in [1.165, 1.54) is 24.3 Å². The third-order valence-corrected chi connectivity index (χ3v) is 4.41. The van der Waals surface area contributed by atoms with Crippen molar-refractivity contribution < 1.29 is 8.78 Å². The van der Waals surface area contributed by atoms with Crippen LogP contribution in [0.25, 0.3) is 22.3 Å². The minimum atomic E-state index is -0.279. The summed E-state index contributed by atoms with van der Waals surface area (Å²) in [6, 6.07) is 6.00. The number of hydrogen-bond acceptors (Lipinski definition) is 0. The van der Waals surface area contributed by atoms with Gasteiger partial charge in [-0.05, 0) is 57.6 Å². The van der Waals surface area contributed by atoms with E-state index in [0.717, 1.165) is 33.4 Å². The molecule has 0 atom stereocenters. The molecule has 0 nitrogen and oxygen atoms in total. The smallest absolute Gasteiger partial charge is 0.124 e. The van der Waals surface area contributed by atoms with Gasteiger partial charge in [-0.25, -0.2) is 8.78 Å². The number of halogens is 4. The van der Waals surface area contributed by atoms with E-state index in [0.29, 0.717) is 10.7 Å². The van der Waals surface area contributed by atoms with Gasteiger partial charge in [0.25, 0.3) is 0 Å². The van der Waals surface area contributed by atoms with Crippen molar-refractivity contribution in [3.63, 3.8) is 0 Å². The summed E-state index contributed by atoms with van der Waals surface area (Å²) in [6.45, 7) is 0. The summed E-state index contributed by atoms with van der Waals surface area (Å²) in [4.78, 5) is 0. The Labute approximate surface area is 120 Å². The van der Waals surface area contributed by atoms with E-state index in [9.17, 15) is 8.78 Å². The molecule has 0 aliphatic heterocycles. The third-order valence-electron chi connectivity index (χ3n) is 3.20. The van der Waals surface area contributed by atoms with Gasteiger partial charge in [-0.1, -0.05) is 31.9 Å². The van der Waals surface area contributed by atoms with E-state index in [4.69, 9.17) is 0 Å². The summed E-state index contributed by atoms with van der Waals surface area (Å²) in [5.41, 5.74) is 5.51. The average Bonchev–Trinajstić information content (AvgIpc) is 2.36. The molecule has 0 radical (unpaired) electrons. The van der Waals surface area contributed by atoms with Crippen LogP contribution in [0.4, 0.5) is 8.78 Å². The molecular formula is C14H8Br2F2. The lowest BCUT2D eigenvalue weighted by Crippen LogP contribution is -2.07. The average molecular weight is 374 g/mol. The van der Waals surface area contributed by atoms with E-state index in [2.05, 4.69) is 31.9 Å². The van der Waals surface area contributed by atoms with E-state index < -0.39 is 0 Å². The van der Waals surface area contributed by atoms with Crippen molar-refractivity contribution in [2.45, 2.75) is 10.7 Å². The maximum atomic E-state index is 13.5. The maximum absolute atomic E-state index is 13.5. The number of benzene rings is 2. The van der Waals surface area contributed by atoms with Crippen LogP contribution in [0.2, 0.25) is 0 Å². The highest BCUT2D eigenvalue weighted by atomic mass is 79.9. The molecule has 0 amide bonds. The summed E-state index contributed by atoms with van der Waals surface area (Å²) in [5.74, 6) is -0.558. The van der Waals surface area contributed by atoms with Crippen molar-refractivity contribution in [3.05, 3.63) is 47.0 Å². The van der Waals surface area contributed by atoms with E-state index in [-0.39, 0.29) is 11.6 Å². The highest BCUT2D eigenvalue weighted by molar-refractivity contribution is 9.08. The van der Waals surface area contributed by atoms with Crippen molar-refractivity contribution in [1.29, 1.82) is 0 Å². The predicted octanol–water partition coefficient (Wildman–Crippen LogP) is 5.40. The molecule has 0 spiro atoms. The second-order valence-electron chi connectivity index (χ2n) is 4.24. The molecule has 1 aliphatic rings. The first-order chi connectivity index (χ1) is 8.65. The molecule has 0 fully saturated rings. The zero-order valence-electron chi connectivity index (χ0n) is 9.24. The van der Waals surface area contributed by atoms with Crippen molar-refractivity contribution in [2.75, 3.05) is 0 Å². The molecule has 0 saturated carbocycles. The highest BCUT2D eigenvalue weighted by Gasteiger charge is 2.29. The Bertz CT molecular complexity index is 593. The fourth-order valence-electron chi connectivity index (χ4n) is 2.49. The van der Waals surface area contributed by atoms with Crippen LogP contribution in [0.5, 0.6) is 0 Å². The van der Waals surface area contributed by atoms with E-state index in [1.54, 1.807) is 0 Å². The molecule has 0 N–H and O–H groups in total. The second kappa shape index (κ2) is 4.42. The first-order valence-electron chi connectivity index (χ1n) is 5.43. The summed E-state index contributed by atoms with van der Waals surface area (Å²) in [7, 11) is 0. The summed E-state index contributed by atoms with van der Waals surface area (Å²) in [5, 5.41) is 1.18. The van der Waals surface area contributed by atoms with Gasteiger partial charge in [0.15, 0.2) is 0 Å². The first kappa shape index (κ1) is 12.3. The minimum absolute atomic E-state index is 0.279. The van der Waals surface area contributed by atoms with Crippen LogP contribution in [0.1, 0.15) is 11.1 Å². The standard InChI is InChI=1S/C14H8Br2F2/c15-5-7-1-9(17)3-11-12-4-10(18)2-8(6-16)14(12)13(7)11/h1-4H,5-6H2. The number of hydrogen-bond donors (Lipinski definition) is 0. The van der Waals surface area contributed by atoms with Gasteiger partial charge < -0.3 is 0 Å². The van der Waals surface area contributed by atoms with Crippen molar-refractivity contribution >= 4 is 31.9 Å². The van der Waals surface area contributed by atoms with Crippen LogP contribution in [0.15, 0.2) is 24.3 Å². The fraction of sp³-hybridized carbons (Fsp3) is 0.143. The van der Waals surface area contributed by atoms with Crippen LogP contribution < -0.4 is 0 Å². The lowest BCUT2D eigenvalue weighted by atomic mass is 9.76. The molecular weight excluding hydrogens is 366 g/mol. The molecule has 92 valence electrons. The predicted molar refractivity (Wildman–Crippen MR) is 76.1 cm³/mol. The number of rotatable bonds is 2. The summed E-state index contributed by atoms with van der Waals surface area (Å²) < 4.78 is 27.0. The van der Waals surface area contributed by atoms with Crippen molar-refractivity contribution in [1.82, 2.24) is 0 Å². The SMILES string of the molecule is Fc1cc(CBr)c2c(c1)-c1cc(F)cc(CBr)c1-2. The van der Waals surface area contributed by atoms with Crippen LogP contribution in [-0.2, 0) is 10.7 Å². The Kier molecular flexibility index (Phi) is 3.02. The Morgan fingerprint density at radius 3 is 1.44 bits per heavy atom. The maximum Gasteiger partial charge on any atom is 0.124 e. The van der Waals surface area contributed by atoms with Gasteiger partial charge in [-0.2, -0.15) is 0 Å². The third kappa shape index (κ3) is 1.66. The number of alkyl halides is 2. The highest BCUT2D eigenvalue weighted by Crippen LogP contribution is 2.52. The summed E-state index contributed by atoms with van der Waals surface area (Å²) >= 11 is 6.74. The Hall–Kier alpha value is -0.740. The Morgan fingerprint density at radius 1 is 0.722 bits per heavy atom. The molecule has 0 bridgehead atoms. The summed E-state index contributed by atoms with van der Waals surface area (Å²) in [6.07, 6.45) is 0. The fourth-order valence-corrected chi connectivity index (χ4v) is 3.37. The molecule has 0 heterocycles. The topological polar surface area (TPSA) is 0 Å². The quantitative estimate of drug-likeness (QED) is 0.527. The zero-order valence-corrected chi connectivity index (χ0v) is 12.4. The number of fused-ring (bicyclic) bond motifs is 4. The molecule has 2 aromatic carbocycles. The normalized spacial score (nSPS) is 11.8. The van der Waals surface area contributed by atoms with Gasteiger partial charge in [0, 0.05) is 10.7 Å². The second-order valence-corrected chi connectivity index (χ2v) is 5.36. The monoisotopic (exact) mass is 372 g/mol. The van der Waals surface area contributed by atoms with Crippen LogP contribution >= 0.6 is 31.9 Å². The zero-order chi connectivity index (χ0) is 12.9. The van der Waals surface area contributed by atoms with Gasteiger partial charge >= 0.3 is 0 Å². The molecule has 0 saturated heterocycles. The van der Waals surface area contributed by atoms with E-state index >= 15 is 0 Å². The van der Waals surface area contributed by atoms with Gasteiger partial charge in [0.2, 0.25) is 0 Å². The Morgan fingerprint density at radius 2 is 1.11 bits per heavy atom. The molecule has 3 rings (SSSR count). The molecule has 1 aliphatic carbocycles. The van der Waals surface area contributed by atoms with Gasteiger partial charge in [0.05, 0.1) is 0 Å². The largest absolute Gasteiger partial charge is 0.207 e. The van der Waals surface area contributed by atoms with Crippen molar-refractivity contribution in [2.24, 2.45) is 0 Å². The Balaban J connectivity index is 2.29. The van der Waals surface area contributed by atoms with Crippen LogP contribution in [0.3, 0.4) is 0 Å².